The third-order valence-electron chi connectivity index (χ3n) is 5.95. The first-order chi connectivity index (χ1) is 15.5. The second kappa shape index (κ2) is 8.61. The van der Waals surface area contributed by atoms with Crippen LogP contribution in [0.2, 0.25) is 0 Å². The molecule has 2 heterocycles. The van der Waals surface area contributed by atoms with E-state index in [4.69, 9.17) is 14.2 Å². The molecule has 10 heteroatoms. The fourth-order valence-corrected chi connectivity index (χ4v) is 5.54. The van der Waals surface area contributed by atoms with Gasteiger partial charge in [0, 0.05) is 24.2 Å². The molecule has 1 fully saturated rings. The summed E-state index contributed by atoms with van der Waals surface area (Å²) >= 11 is 0. The number of methoxy groups -OCH3 is 1. The van der Waals surface area contributed by atoms with Crippen molar-refractivity contribution in [2.24, 2.45) is 4.99 Å². The predicted molar refractivity (Wildman–Crippen MR) is 120 cm³/mol. The Bertz CT molecular complexity index is 1150. The monoisotopic (exact) mass is 458 g/mol. The van der Waals surface area contributed by atoms with Crippen molar-refractivity contribution in [2.45, 2.75) is 25.5 Å². The maximum atomic E-state index is 12.6. The minimum Gasteiger partial charge on any atom is -0.496 e. The van der Waals surface area contributed by atoms with Crippen molar-refractivity contribution in [3.8, 4) is 5.75 Å². The highest BCUT2D eigenvalue weighted by Crippen LogP contribution is 2.38. The average molecular weight is 459 g/mol. The number of amidine groups is 1. The summed E-state index contributed by atoms with van der Waals surface area (Å²) in [6.07, 6.45) is 1.91. The van der Waals surface area contributed by atoms with Gasteiger partial charge in [-0.1, -0.05) is 12.1 Å². The molecule has 2 aromatic rings. The van der Waals surface area contributed by atoms with Crippen molar-refractivity contribution in [3.63, 3.8) is 0 Å². The molecule has 0 saturated carbocycles. The van der Waals surface area contributed by atoms with Crippen LogP contribution in [0.1, 0.15) is 29.2 Å². The van der Waals surface area contributed by atoms with Gasteiger partial charge in [0.05, 0.1) is 37.7 Å². The fourth-order valence-electron chi connectivity index (χ4n) is 4.35. The predicted octanol–water partition coefficient (Wildman–Crippen LogP) is 2.48. The lowest BCUT2D eigenvalue weighted by molar-refractivity contribution is 0.0733. The van der Waals surface area contributed by atoms with Crippen molar-refractivity contribution in [2.75, 3.05) is 38.1 Å². The van der Waals surface area contributed by atoms with Gasteiger partial charge in [-0.25, -0.2) is 0 Å². The van der Waals surface area contributed by atoms with E-state index >= 15 is 0 Å². The standard InChI is InChI=1S/C22H26N4O5S/c1-29-20-4-2-3-15-5-7-19(21(15)20)24-22-23-18-8-6-17(13-16(18)14-31-22)25-32(27,28)26-9-11-30-12-10-26/h2-4,6,8,13,19,25H,5,7,9-12,14H2,1H3,(H,23,24). The summed E-state index contributed by atoms with van der Waals surface area (Å²) in [5.41, 5.74) is 4.49. The molecule has 1 atom stereocenters. The van der Waals surface area contributed by atoms with Gasteiger partial charge < -0.3 is 19.5 Å². The van der Waals surface area contributed by atoms with Gasteiger partial charge in [-0.05, 0) is 42.7 Å². The number of morpholine rings is 1. The minimum absolute atomic E-state index is 0.0704. The number of nitrogens with zero attached hydrogens (tertiary/aromatic N) is 2. The highest BCUT2D eigenvalue weighted by atomic mass is 32.2. The number of anilines is 1. The summed E-state index contributed by atoms with van der Waals surface area (Å²) in [6, 6.07) is 11.9. The third kappa shape index (κ3) is 4.13. The maximum Gasteiger partial charge on any atom is 0.301 e. The van der Waals surface area contributed by atoms with Crippen molar-refractivity contribution in [1.29, 1.82) is 0 Å². The molecule has 1 aliphatic carbocycles. The number of hydrogen-bond donors (Lipinski definition) is 2. The van der Waals surface area contributed by atoms with E-state index in [0.29, 0.717) is 44.6 Å². The molecule has 3 aliphatic rings. The van der Waals surface area contributed by atoms with Gasteiger partial charge in [0.25, 0.3) is 6.02 Å². The normalized spacial score (nSPS) is 20.5. The molecule has 1 unspecified atom stereocenters. The zero-order chi connectivity index (χ0) is 22.1. The van der Waals surface area contributed by atoms with Gasteiger partial charge >= 0.3 is 10.2 Å². The van der Waals surface area contributed by atoms with Gasteiger partial charge in [-0.3, -0.25) is 4.72 Å². The average Bonchev–Trinajstić information content (AvgIpc) is 3.22. The zero-order valence-electron chi connectivity index (χ0n) is 17.8. The Labute approximate surface area is 187 Å². The van der Waals surface area contributed by atoms with Crippen molar-refractivity contribution in [3.05, 3.63) is 53.1 Å². The molecule has 9 nitrogen and oxygen atoms in total. The van der Waals surface area contributed by atoms with Crippen LogP contribution in [0.5, 0.6) is 5.75 Å². The van der Waals surface area contributed by atoms with Crippen molar-refractivity contribution >= 4 is 27.6 Å². The Morgan fingerprint density at radius 3 is 2.81 bits per heavy atom. The molecule has 0 radical (unpaired) electrons. The number of nitrogens with one attached hydrogen (secondary N) is 2. The second-order valence-electron chi connectivity index (χ2n) is 7.94. The van der Waals surface area contributed by atoms with Gasteiger partial charge in [0.15, 0.2) is 0 Å². The first kappa shape index (κ1) is 21.0. The lowest BCUT2D eigenvalue weighted by Crippen LogP contribution is -2.43. The van der Waals surface area contributed by atoms with Gasteiger partial charge in [-0.15, -0.1) is 0 Å². The topological polar surface area (TPSA) is 101 Å². The molecule has 5 rings (SSSR count). The first-order valence-corrected chi connectivity index (χ1v) is 12.1. The van der Waals surface area contributed by atoms with E-state index in [-0.39, 0.29) is 6.04 Å². The lowest BCUT2D eigenvalue weighted by Gasteiger charge is -2.26. The minimum atomic E-state index is -3.62. The lowest BCUT2D eigenvalue weighted by atomic mass is 10.1. The Hall–Kier alpha value is -2.82. The van der Waals surface area contributed by atoms with Crippen LogP contribution in [0.3, 0.4) is 0 Å². The molecule has 0 aromatic heterocycles. The first-order valence-electron chi connectivity index (χ1n) is 10.7. The zero-order valence-corrected chi connectivity index (χ0v) is 18.7. The van der Waals surface area contributed by atoms with E-state index in [2.05, 4.69) is 21.1 Å². The molecule has 0 bridgehead atoms. The molecule has 0 spiro atoms. The van der Waals surface area contributed by atoms with E-state index in [1.54, 1.807) is 25.3 Å². The molecule has 2 aromatic carbocycles. The summed E-state index contributed by atoms with van der Waals surface area (Å²) in [5.74, 6) is 0.867. The quantitative estimate of drug-likeness (QED) is 0.714. The Morgan fingerprint density at radius 1 is 1.16 bits per heavy atom. The third-order valence-corrected chi connectivity index (χ3v) is 7.49. The molecule has 170 valence electrons. The smallest absolute Gasteiger partial charge is 0.301 e. The molecule has 2 N–H and O–H groups in total. The number of aliphatic imine (C=N–C) groups is 1. The van der Waals surface area contributed by atoms with Crippen molar-refractivity contribution < 1.29 is 22.6 Å². The van der Waals surface area contributed by atoms with Gasteiger partial charge in [0.2, 0.25) is 0 Å². The Balaban J connectivity index is 1.31. The van der Waals surface area contributed by atoms with E-state index in [9.17, 15) is 8.42 Å². The van der Waals surface area contributed by atoms with Crippen LogP contribution in [0.4, 0.5) is 11.4 Å². The number of aryl methyl sites for hydroxylation is 1. The van der Waals surface area contributed by atoms with E-state index in [0.717, 1.165) is 35.4 Å². The van der Waals surface area contributed by atoms with E-state index < -0.39 is 10.2 Å². The highest BCUT2D eigenvalue weighted by Gasteiger charge is 2.28. The number of rotatable bonds is 5. The van der Waals surface area contributed by atoms with Crippen LogP contribution in [0.15, 0.2) is 41.4 Å². The fraction of sp³-hybridized carbons (Fsp3) is 0.409. The van der Waals surface area contributed by atoms with Crippen LogP contribution in [0, 0.1) is 0 Å². The summed E-state index contributed by atoms with van der Waals surface area (Å²) < 4.78 is 45.9. The molecule has 2 aliphatic heterocycles. The SMILES string of the molecule is COc1cccc2c1C(NC1=Nc3ccc(NS(=O)(=O)N4CCOCC4)cc3CO1)CC2. The molecule has 1 saturated heterocycles. The van der Waals surface area contributed by atoms with Crippen LogP contribution < -0.4 is 14.8 Å². The van der Waals surface area contributed by atoms with Crippen LogP contribution >= 0.6 is 0 Å². The second-order valence-corrected chi connectivity index (χ2v) is 9.61. The maximum absolute atomic E-state index is 12.6. The highest BCUT2D eigenvalue weighted by molar-refractivity contribution is 7.90. The van der Waals surface area contributed by atoms with Crippen LogP contribution in [-0.2, 0) is 32.7 Å². The molecular formula is C22H26N4O5S. The largest absolute Gasteiger partial charge is 0.496 e. The summed E-state index contributed by atoms with van der Waals surface area (Å²) in [6.45, 7) is 1.80. The summed E-state index contributed by atoms with van der Waals surface area (Å²) in [7, 11) is -1.94. The number of fused-ring (bicyclic) bond motifs is 2. The van der Waals surface area contributed by atoms with Gasteiger partial charge in [0.1, 0.15) is 12.4 Å². The van der Waals surface area contributed by atoms with Gasteiger partial charge in [-0.2, -0.15) is 17.7 Å². The molecular weight excluding hydrogens is 432 g/mol. The molecule has 32 heavy (non-hydrogen) atoms. The number of benzene rings is 2. The van der Waals surface area contributed by atoms with Crippen LogP contribution in [0.25, 0.3) is 0 Å². The van der Waals surface area contributed by atoms with Crippen molar-refractivity contribution in [1.82, 2.24) is 9.62 Å². The van der Waals surface area contributed by atoms with E-state index in [1.165, 1.54) is 9.87 Å². The van der Waals surface area contributed by atoms with Crippen LogP contribution in [-0.4, -0.2) is 52.2 Å². The summed E-state index contributed by atoms with van der Waals surface area (Å²) in [5, 5.41) is 3.40. The van der Waals surface area contributed by atoms with E-state index in [1.807, 2.05) is 12.1 Å². The Morgan fingerprint density at radius 2 is 2.00 bits per heavy atom. The molecule has 0 amide bonds. The Kier molecular flexibility index (Phi) is 5.66. The number of ether oxygens (including phenoxy) is 3. The number of hydrogen-bond acceptors (Lipinski definition) is 7. The summed E-state index contributed by atoms with van der Waals surface area (Å²) in [4.78, 5) is 4.60.